The van der Waals surface area contributed by atoms with Gasteiger partial charge in [-0.1, -0.05) is 97.0 Å². The second-order valence-electron chi connectivity index (χ2n) is 9.72. The zero-order chi connectivity index (χ0) is 22.7. The fourth-order valence-electron chi connectivity index (χ4n) is 3.94. The van der Waals surface area contributed by atoms with Gasteiger partial charge in [0, 0.05) is 20.0 Å². The minimum Gasteiger partial charge on any atom is -0.325 e. The summed E-state index contributed by atoms with van der Waals surface area (Å²) in [5, 5.41) is 0. The molecule has 0 unspecified atom stereocenters. The maximum Gasteiger partial charge on any atom is 0.213 e. The van der Waals surface area contributed by atoms with Crippen molar-refractivity contribution in [1.82, 2.24) is 4.31 Å². The molecule has 0 aliphatic carbocycles. The Morgan fingerprint density at radius 2 is 1.19 bits per heavy atom. The van der Waals surface area contributed by atoms with Crippen molar-refractivity contribution in [2.24, 2.45) is 0 Å². The van der Waals surface area contributed by atoms with Crippen LogP contribution in [0, 0.1) is 0 Å². The highest BCUT2D eigenvalue weighted by Gasteiger charge is 2.19. The van der Waals surface area contributed by atoms with Gasteiger partial charge in [0.15, 0.2) is 0 Å². The molecule has 188 valence electrons. The Bertz CT molecular complexity index is 510. The number of unbranched alkanes of at least 4 members (excludes halogenated alkanes) is 13. The molecule has 31 heavy (non-hydrogen) atoms. The van der Waals surface area contributed by atoms with Crippen LogP contribution in [0.3, 0.4) is 0 Å². The molecule has 4 nitrogen and oxygen atoms in total. The zero-order valence-electron chi connectivity index (χ0n) is 21.2. The van der Waals surface area contributed by atoms with Gasteiger partial charge < -0.3 is 4.48 Å². The lowest BCUT2D eigenvalue weighted by molar-refractivity contribution is -0.884. The van der Waals surface area contributed by atoms with E-state index < -0.39 is 10.0 Å². The molecule has 0 rings (SSSR count). The van der Waals surface area contributed by atoms with Gasteiger partial charge in [0.2, 0.25) is 10.0 Å². The van der Waals surface area contributed by atoms with E-state index in [0.29, 0.717) is 12.3 Å². The third-order valence-corrected chi connectivity index (χ3v) is 8.03. The topological polar surface area (TPSA) is 37.4 Å². The lowest BCUT2D eigenvalue weighted by atomic mass is 10.0. The van der Waals surface area contributed by atoms with Gasteiger partial charge >= 0.3 is 0 Å². The summed E-state index contributed by atoms with van der Waals surface area (Å²) in [6, 6.07) is 0. The first kappa shape index (κ1) is 33.3. The molecule has 0 fully saturated rings. The number of rotatable bonds is 22. The largest absolute Gasteiger partial charge is 0.325 e. The minimum atomic E-state index is -3.10. The van der Waals surface area contributed by atoms with Gasteiger partial charge in [0.05, 0.1) is 32.9 Å². The number of quaternary nitrogens is 1. The van der Waals surface area contributed by atoms with Crippen LogP contribution in [0.4, 0.5) is 0 Å². The molecule has 0 saturated heterocycles. The summed E-state index contributed by atoms with van der Waals surface area (Å²) in [5.41, 5.74) is 0. The smallest absolute Gasteiger partial charge is 0.213 e. The molecule has 0 N–H and O–H groups in total. The van der Waals surface area contributed by atoms with Crippen LogP contribution in [0.15, 0.2) is 12.7 Å². The molecule has 0 aromatic rings. The summed E-state index contributed by atoms with van der Waals surface area (Å²) >= 11 is 0. The fourth-order valence-corrected chi connectivity index (χ4v) is 5.22. The normalized spacial score (nSPS) is 12.2. The Morgan fingerprint density at radius 3 is 1.61 bits per heavy atom. The zero-order valence-corrected chi connectivity index (χ0v) is 23.8. The minimum absolute atomic E-state index is 0. The van der Waals surface area contributed by atoms with Crippen molar-refractivity contribution in [3.05, 3.63) is 12.7 Å². The lowest BCUT2D eigenvalue weighted by Gasteiger charge is -2.29. The molecule has 6 heteroatoms. The van der Waals surface area contributed by atoms with Crippen LogP contribution in [-0.4, -0.2) is 63.7 Å². The molecular weight excluding hydrogens is 472 g/mol. The number of halogens is 1. The Balaban J connectivity index is 0. The first-order valence-electron chi connectivity index (χ1n) is 12.6. The highest BCUT2D eigenvalue weighted by molar-refractivity contribution is 8.93. The Kier molecular flexibility index (Phi) is 22.2. The molecular formula is C25H54BrN2O2S+. The van der Waals surface area contributed by atoms with Gasteiger partial charge in [-0.05, 0) is 12.5 Å². The Morgan fingerprint density at radius 1 is 0.774 bits per heavy atom. The van der Waals surface area contributed by atoms with Crippen molar-refractivity contribution < 1.29 is 12.9 Å². The van der Waals surface area contributed by atoms with Gasteiger partial charge in [-0.25, -0.2) is 12.7 Å². The molecule has 0 heterocycles. The van der Waals surface area contributed by atoms with Crippen molar-refractivity contribution in [3.8, 4) is 0 Å². The molecule has 0 aromatic heterocycles. The second kappa shape index (κ2) is 20.7. The Hall–Kier alpha value is 0.0900. The summed E-state index contributed by atoms with van der Waals surface area (Å²) in [4.78, 5) is 0. The fraction of sp³-hybridized carbons (Fsp3) is 0.920. The predicted molar refractivity (Wildman–Crippen MR) is 144 cm³/mol. The molecule has 0 aliphatic rings. The molecule has 0 aromatic carbocycles. The van der Waals surface area contributed by atoms with Gasteiger partial charge in [0.25, 0.3) is 0 Å². The van der Waals surface area contributed by atoms with Crippen molar-refractivity contribution in [1.29, 1.82) is 0 Å². The van der Waals surface area contributed by atoms with Gasteiger partial charge in [-0.3, -0.25) is 0 Å². The number of likely N-dealkylation sites (N-methyl/N-ethyl adjacent to an activating group) is 1. The lowest BCUT2D eigenvalue weighted by Crippen LogP contribution is -2.42. The molecule has 0 saturated carbocycles. The van der Waals surface area contributed by atoms with Gasteiger partial charge in [0.1, 0.15) is 0 Å². The number of sulfonamides is 1. The van der Waals surface area contributed by atoms with E-state index in [9.17, 15) is 8.42 Å². The third-order valence-electron chi connectivity index (χ3n) is 6.09. The van der Waals surface area contributed by atoms with E-state index in [-0.39, 0.29) is 17.0 Å². The van der Waals surface area contributed by atoms with E-state index in [2.05, 4.69) is 27.6 Å². The third kappa shape index (κ3) is 20.4. The van der Waals surface area contributed by atoms with Crippen LogP contribution in [0.1, 0.15) is 103 Å². The number of hydrogen-bond donors (Lipinski definition) is 0. The van der Waals surface area contributed by atoms with Gasteiger partial charge in [-0.2, -0.15) is 0 Å². The van der Waals surface area contributed by atoms with E-state index in [4.69, 9.17) is 0 Å². The standard InChI is InChI=1S/C25H53N2O2S.BrH/c1-6-8-9-10-11-12-13-14-15-16-17-18-19-20-25-30(28,29)26(3)22-21-24-27(4,5)23-7-2;/h7H,2,6,8-25H2,1,3-5H3;1H/q+1;. The first-order valence-corrected chi connectivity index (χ1v) is 14.2. The van der Waals surface area contributed by atoms with Crippen LogP contribution >= 0.6 is 17.0 Å². The average Bonchev–Trinajstić information content (AvgIpc) is 2.67. The van der Waals surface area contributed by atoms with Crippen LogP contribution < -0.4 is 0 Å². The summed E-state index contributed by atoms with van der Waals surface area (Å²) in [5.74, 6) is 0.298. The summed E-state index contributed by atoms with van der Waals surface area (Å²) < 4.78 is 27.3. The van der Waals surface area contributed by atoms with E-state index in [0.717, 1.165) is 36.8 Å². The summed E-state index contributed by atoms with van der Waals surface area (Å²) in [6.45, 7) is 8.55. The van der Waals surface area contributed by atoms with E-state index in [1.54, 1.807) is 11.4 Å². The average molecular weight is 527 g/mol. The van der Waals surface area contributed by atoms with E-state index in [1.807, 2.05) is 6.08 Å². The summed E-state index contributed by atoms with van der Waals surface area (Å²) in [7, 11) is 2.94. The molecule has 0 amide bonds. The van der Waals surface area contributed by atoms with E-state index >= 15 is 0 Å². The van der Waals surface area contributed by atoms with Crippen molar-refractivity contribution in [3.63, 3.8) is 0 Å². The van der Waals surface area contributed by atoms with Gasteiger partial charge in [-0.15, -0.1) is 17.0 Å². The molecule has 0 bridgehead atoms. The van der Waals surface area contributed by atoms with Crippen LogP contribution in [0.2, 0.25) is 0 Å². The first-order chi connectivity index (χ1) is 14.2. The van der Waals surface area contributed by atoms with Crippen molar-refractivity contribution in [2.45, 2.75) is 103 Å². The summed E-state index contributed by atoms with van der Waals surface area (Å²) in [6.07, 6.45) is 20.8. The quantitative estimate of drug-likeness (QED) is 0.0869. The molecule has 0 atom stereocenters. The highest BCUT2D eigenvalue weighted by Crippen LogP contribution is 2.13. The Labute approximate surface area is 206 Å². The molecule has 0 aliphatic heterocycles. The van der Waals surface area contributed by atoms with Crippen molar-refractivity contribution in [2.75, 3.05) is 46.5 Å². The number of nitrogens with zero attached hydrogens (tertiary/aromatic N) is 2. The SMILES string of the molecule is Br.C=CC[N+](C)(C)CCCN(C)S(=O)(=O)CCCCCCCCCCCCCCCC. The monoisotopic (exact) mass is 525 g/mol. The highest BCUT2D eigenvalue weighted by atomic mass is 79.9. The van der Waals surface area contributed by atoms with Crippen LogP contribution in [0.5, 0.6) is 0 Å². The molecule has 0 spiro atoms. The maximum absolute atomic E-state index is 12.4. The van der Waals surface area contributed by atoms with Crippen LogP contribution in [0.25, 0.3) is 0 Å². The molecule has 0 radical (unpaired) electrons. The predicted octanol–water partition coefficient (Wildman–Crippen LogP) is 6.96. The second-order valence-corrected chi connectivity index (χ2v) is 11.9. The van der Waals surface area contributed by atoms with E-state index in [1.165, 1.54) is 77.0 Å². The van der Waals surface area contributed by atoms with Crippen LogP contribution in [-0.2, 0) is 10.0 Å². The maximum atomic E-state index is 12.4. The van der Waals surface area contributed by atoms with Crippen molar-refractivity contribution >= 4 is 27.0 Å². The number of hydrogen-bond acceptors (Lipinski definition) is 2.